The lowest BCUT2D eigenvalue weighted by Crippen LogP contribution is -2.29. The summed E-state index contributed by atoms with van der Waals surface area (Å²) in [6, 6.07) is 20.7. The fourth-order valence-electron chi connectivity index (χ4n) is 2.65. The van der Waals surface area contributed by atoms with Crippen LogP contribution in [0.1, 0.15) is 17.2 Å². The van der Waals surface area contributed by atoms with Crippen molar-refractivity contribution in [2.75, 3.05) is 6.61 Å². The Morgan fingerprint density at radius 3 is 2.52 bits per heavy atom. The predicted octanol–water partition coefficient (Wildman–Crippen LogP) is 4.36. The molecular weight excluding hydrogens is 334 g/mol. The largest absolute Gasteiger partial charge is 0.394 e. The highest BCUT2D eigenvalue weighted by molar-refractivity contribution is 6.32. The first-order valence-electron chi connectivity index (χ1n) is 8.00. The minimum absolute atomic E-state index is 0.177. The molecule has 0 unspecified atom stereocenters. The molecule has 1 atom stereocenters. The summed E-state index contributed by atoms with van der Waals surface area (Å²) < 4.78 is 0. The fraction of sp³-hybridized carbons (Fsp3) is 0.0952. The Bertz CT molecular complexity index is 920. The molecule has 0 aliphatic rings. The second-order valence-electron chi connectivity index (χ2n) is 5.71. The Hall–Kier alpha value is -2.62. The van der Waals surface area contributed by atoms with E-state index in [4.69, 9.17) is 11.6 Å². The normalized spacial score (nSPS) is 12.4. The molecule has 2 N–H and O–H groups in total. The van der Waals surface area contributed by atoms with Crippen LogP contribution in [0.2, 0.25) is 5.02 Å². The topological polar surface area (TPSA) is 49.3 Å². The maximum atomic E-state index is 12.2. The van der Waals surface area contributed by atoms with Crippen LogP contribution in [0.5, 0.6) is 0 Å². The lowest BCUT2D eigenvalue weighted by Gasteiger charge is -2.16. The van der Waals surface area contributed by atoms with Crippen LogP contribution >= 0.6 is 11.6 Å². The number of carbonyl (C=O) groups excluding carboxylic acids is 1. The fourth-order valence-corrected chi connectivity index (χ4v) is 2.85. The van der Waals surface area contributed by atoms with Gasteiger partial charge in [0.25, 0.3) is 0 Å². The van der Waals surface area contributed by atoms with Crippen LogP contribution in [0.3, 0.4) is 0 Å². The van der Waals surface area contributed by atoms with Gasteiger partial charge in [0.15, 0.2) is 0 Å². The van der Waals surface area contributed by atoms with E-state index in [1.165, 1.54) is 6.08 Å². The number of amides is 1. The van der Waals surface area contributed by atoms with E-state index >= 15 is 0 Å². The molecule has 0 bridgehead atoms. The molecule has 3 rings (SSSR count). The van der Waals surface area contributed by atoms with Crippen molar-refractivity contribution in [1.29, 1.82) is 0 Å². The molecule has 0 saturated heterocycles. The summed E-state index contributed by atoms with van der Waals surface area (Å²) in [6.07, 6.45) is 3.08. The van der Waals surface area contributed by atoms with Crippen LogP contribution in [-0.2, 0) is 4.79 Å². The third kappa shape index (κ3) is 4.27. The van der Waals surface area contributed by atoms with Gasteiger partial charge in [-0.3, -0.25) is 4.79 Å². The molecule has 4 heteroatoms. The minimum Gasteiger partial charge on any atom is -0.394 e. The summed E-state index contributed by atoms with van der Waals surface area (Å²) in [5.74, 6) is -0.285. The van der Waals surface area contributed by atoms with E-state index in [0.29, 0.717) is 5.02 Å². The summed E-state index contributed by atoms with van der Waals surface area (Å²) in [7, 11) is 0. The van der Waals surface area contributed by atoms with E-state index in [9.17, 15) is 9.90 Å². The molecule has 0 radical (unpaired) electrons. The molecule has 0 aromatic heterocycles. The lowest BCUT2D eigenvalue weighted by molar-refractivity contribution is -0.117. The highest BCUT2D eigenvalue weighted by Crippen LogP contribution is 2.21. The number of carbonyl (C=O) groups is 1. The molecular formula is C21H18ClNO2. The first kappa shape index (κ1) is 17.2. The van der Waals surface area contributed by atoms with E-state index in [1.54, 1.807) is 12.1 Å². The van der Waals surface area contributed by atoms with Gasteiger partial charge in [0.1, 0.15) is 0 Å². The first-order valence-corrected chi connectivity index (χ1v) is 8.38. The van der Waals surface area contributed by atoms with E-state index in [0.717, 1.165) is 21.9 Å². The van der Waals surface area contributed by atoms with Crippen molar-refractivity contribution in [3.05, 3.63) is 89.0 Å². The Kier molecular flexibility index (Phi) is 5.49. The standard InChI is InChI=1S/C21H18ClNO2/c22-19-8-4-3-6-16(19)11-12-21(25)23-20(14-24)18-10-9-15-5-1-2-7-17(15)13-18/h1-13,20,24H,14H2,(H,23,25)/t20-/m0/s1. The van der Waals surface area contributed by atoms with Gasteiger partial charge in [0.05, 0.1) is 12.6 Å². The van der Waals surface area contributed by atoms with Crippen molar-refractivity contribution in [2.45, 2.75) is 6.04 Å². The van der Waals surface area contributed by atoms with Crippen molar-refractivity contribution in [1.82, 2.24) is 5.32 Å². The Balaban J connectivity index is 1.74. The minimum atomic E-state index is -0.465. The van der Waals surface area contributed by atoms with Gasteiger partial charge in [-0.1, -0.05) is 66.2 Å². The summed E-state index contributed by atoms with van der Waals surface area (Å²) in [4.78, 5) is 12.2. The van der Waals surface area contributed by atoms with Gasteiger partial charge in [0.2, 0.25) is 5.91 Å². The maximum Gasteiger partial charge on any atom is 0.244 e. The highest BCUT2D eigenvalue weighted by Gasteiger charge is 2.12. The summed E-state index contributed by atoms with van der Waals surface area (Å²) in [5.41, 5.74) is 1.63. The van der Waals surface area contributed by atoms with Gasteiger partial charge in [-0.25, -0.2) is 0 Å². The number of benzene rings is 3. The van der Waals surface area contributed by atoms with Crippen LogP contribution in [-0.4, -0.2) is 17.6 Å². The van der Waals surface area contributed by atoms with Gasteiger partial charge in [-0.05, 0) is 40.1 Å². The molecule has 3 aromatic carbocycles. The quantitative estimate of drug-likeness (QED) is 0.671. The van der Waals surface area contributed by atoms with Crippen LogP contribution in [0.25, 0.3) is 16.8 Å². The van der Waals surface area contributed by atoms with Crippen molar-refractivity contribution < 1.29 is 9.90 Å². The van der Waals surface area contributed by atoms with Gasteiger partial charge in [-0.2, -0.15) is 0 Å². The number of nitrogens with one attached hydrogen (secondary N) is 1. The van der Waals surface area contributed by atoms with E-state index < -0.39 is 6.04 Å². The van der Waals surface area contributed by atoms with Crippen LogP contribution in [0.4, 0.5) is 0 Å². The zero-order valence-corrected chi connectivity index (χ0v) is 14.3. The van der Waals surface area contributed by atoms with Gasteiger partial charge in [0, 0.05) is 11.1 Å². The Labute approximate surface area is 151 Å². The predicted molar refractivity (Wildman–Crippen MR) is 102 cm³/mol. The van der Waals surface area contributed by atoms with E-state index in [1.807, 2.05) is 60.7 Å². The van der Waals surface area contributed by atoms with Crippen LogP contribution in [0, 0.1) is 0 Å². The van der Waals surface area contributed by atoms with Gasteiger partial charge < -0.3 is 10.4 Å². The second kappa shape index (κ2) is 7.97. The average molecular weight is 352 g/mol. The van der Waals surface area contributed by atoms with Crippen molar-refractivity contribution in [3.63, 3.8) is 0 Å². The zero-order chi connectivity index (χ0) is 17.6. The molecule has 25 heavy (non-hydrogen) atoms. The molecule has 3 aromatic rings. The van der Waals surface area contributed by atoms with Crippen molar-refractivity contribution in [2.24, 2.45) is 0 Å². The SMILES string of the molecule is O=C(C=Cc1ccccc1Cl)N[C@@H](CO)c1ccc2ccccc2c1. The molecule has 0 aliphatic heterocycles. The molecule has 0 saturated carbocycles. The average Bonchev–Trinajstić information content (AvgIpc) is 2.65. The van der Waals surface area contributed by atoms with E-state index in [-0.39, 0.29) is 12.5 Å². The van der Waals surface area contributed by atoms with Gasteiger partial charge in [-0.15, -0.1) is 0 Å². The molecule has 0 heterocycles. The highest BCUT2D eigenvalue weighted by atomic mass is 35.5. The smallest absolute Gasteiger partial charge is 0.244 e. The Morgan fingerprint density at radius 2 is 1.76 bits per heavy atom. The summed E-state index contributed by atoms with van der Waals surface area (Å²) in [5, 5.41) is 15.3. The zero-order valence-electron chi connectivity index (χ0n) is 13.5. The van der Waals surface area contributed by atoms with Crippen LogP contribution in [0.15, 0.2) is 72.8 Å². The molecule has 0 aliphatic carbocycles. The molecule has 0 spiro atoms. The summed E-state index contributed by atoms with van der Waals surface area (Å²) in [6.45, 7) is -0.177. The maximum absolute atomic E-state index is 12.2. The third-order valence-corrected chi connectivity index (χ3v) is 4.34. The van der Waals surface area contributed by atoms with Crippen molar-refractivity contribution in [3.8, 4) is 0 Å². The van der Waals surface area contributed by atoms with Crippen molar-refractivity contribution >= 4 is 34.4 Å². The second-order valence-corrected chi connectivity index (χ2v) is 6.11. The molecule has 126 valence electrons. The molecule has 0 fully saturated rings. The number of hydrogen-bond acceptors (Lipinski definition) is 2. The van der Waals surface area contributed by atoms with Crippen LogP contribution < -0.4 is 5.32 Å². The monoisotopic (exact) mass is 351 g/mol. The third-order valence-electron chi connectivity index (χ3n) is 3.99. The number of aliphatic hydroxyl groups is 1. The first-order chi connectivity index (χ1) is 12.2. The lowest BCUT2D eigenvalue weighted by atomic mass is 10.0. The van der Waals surface area contributed by atoms with Gasteiger partial charge >= 0.3 is 0 Å². The number of fused-ring (bicyclic) bond motifs is 1. The molecule has 1 amide bonds. The number of aliphatic hydroxyl groups excluding tert-OH is 1. The summed E-state index contributed by atoms with van der Waals surface area (Å²) >= 11 is 6.07. The number of hydrogen-bond donors (Lipinski definition) is 2. The molecule has 3 nitrogen and oxygen atoms in total. The van der Waals surface area contributed by atoms with E-state index in [2.05, 4.69) is 5.32 Å². The number of rotatable bonds is 5. The Morgan fingerprint density at radius 1 is 1.04 bits per heavy atom. The number of halogens is 1.